The average Bonchev–Trinajstić information content (AvgIpc) is 0. The van der Waals surface area contributed by atoms with Crippen LogP contribution in [0.2, 0.25) is 0 Å². The fraction of sp³-hybridized carbons (Fsp3) is 0. The molecule has 0 aromatic carbocycles. The van der Waals surface area contributed by atoms with Crippen molar-refractivity contribution in [2.75, 3.05) is 0 Å². The van der Waals surface area contributed by atoms with E-state index >= 15 is 0 Å². The molecule has 20 valence electrons. The molecule has 0 amide bonds. The zero-order valence-electron chi connectivity index (χ0n) is 2.89. The van der Waals surface area contributed by atoms with Crippen molar-refractivity contribution in [2.24, 2.45) is 0 Å². The van der Waals surface area contributed by atoms with Crippen molar-refractivity contribution >= 4 is 16.8 Å². The SMILES string of the molecule is [B].[B].[NH2-].[Y].[Y]. The van der Waals surface area contributed by atoms with Gasteiger partial charge in [-0.3, -0.25) is 0 Å². The molecule has 1 nitrogen and oxygen atoms in total. The molecule has 0 unspecified atom stereocenters. The van der Waals surface area contributed by atoms with Gasteiger partial charge in [0.1, 0.15) is 0 Å². The van der Waals surface area contributed by atoms with Crippen LogP contribution in [0.4, 0.5) is 0 Å². The molecule has 0 fully saturated rings. The van der Waals surface area contributed by atoms with Gasteiger partial charge in [-0.05, 0) is 0 Å². The molecule has 0 aliphatic heterocycles. The third-order valence-electron chi connectivity index (χ3n) is 0. The van der Waals surface area contributed by atoms with E-state index in [0.29, 0.717) is 0 Å². The van der Waals surface area contributed by atoms with Crippen LogP contribution in [0.15, 0.2) is 0 Å². The Morgan fingerprint density at radius 3 is 0.600 bits per heavy atom. The third kappa shape index (κ3) is 22.0. The van der Waals surface area contributed by atoms with Gasteiger partial charge in [0, 0.05) is 82.2 Å². The van der Waals surface area contributed by atoms with E-state index < -0.39 is 0 Å². The predicted molar refractivity (Wildman–Crippen MR) is 16.8 cm³/mol. The van der Waals surface area contributed by atoms with Crippen molar-refractivity contribution < 1.29 is 65.4 Å². The van der Waals surface area contributed by atoms with E-state index in [9.17, 15) is 0 Å². The molecular weight excluding hydrogens is 213 g/mol. The standard InChI is InChI=1S/2B.H2N.2Y/h;;1H2;;/q;;-1;;. The quantitative estimate of drug-likeness (QED) is 0.508. The Bertz CT molecular complexity index is 7.61. The van der Waals surface area contributed by atoms with Crippen LogP contribution in [0, 0.1) is 0 Å². The summed E-state index contributed by atoms with van der Waals surface area (Å²) >= 11 is 0. The van der Waals surface area contributed by atoms with Gasteiger partial charge in [0.05, 0.1) is 0 Å². The minimum absolute atomic E-state index is 0. The first-order valence-corrected chi connectivity index (χ1v) is 0. The fourth-order valence-electron chi connectivity index (χ4n) is 0. The minimum atomic E-state index is 0. The first kappa shape index (κ1) is 54.8. The smallest absolute Gasteiger partial charge is 0 e. The topological polar surface area (TPSA) is 33.5 Å². The molecule has 8 radical (unpaired) electrons. The summed E-state index contributed by atoms with van der Waals surface area (Å²) in [7, 11) is 0. The second kappa shape index (κ2) is 33.5. The van der Waals surface area contributed by atoms with Crippen LogP contribution in [0.1, 0.15) is 0 Å². The van der Waals surface area contributed by atoms with Gasteiger partial charge in [0.15, 0.2) is 0 Å². The molecule has 2 N–H and O–H groups in total. The summed E-state index contributed by atoms with van der Waals surface area (Å²) in [4.78, 5) is 0. The molecule has 0 saturated heterocycles. The second-order valence-corrected chi connectivity index (χ2v) is 0. The molecule has 0 aliphatic carbocycles. The molecule has 0 heterocycles. The largest absolute Gasteiger partial charge is 0.693 e. The first-order chi connectivity index (χ1) is 0. The van der Waals surface area contributed by atoms with Gasteiger partial charge in [0.25, 0.3) is 0 Å². The van der Waals surface area contributed by atoms with Gasteiger partial charge in [-0.2, -0.15) is 0 Å². The Morgan fingerprint density at radius 1 is 0.600 bits per heavy atom. The molecule has 0 saturated carbocycles. The van der Waals surface area contributed by atoms with Crippen LogP contribution < -0.4 is 0 Å². The minimum Gasteiger partial charge on any atom is -0.693 e. The van der Waals surface area contributed by atoms with Crippen LogP contribution in [-0.2, 0) is 65.4 Å². The molecule has 0 aromatic rings. The van der Waals surface area contributed by atoms with Crippen molar-refractivity contribution in [2.45, 2.75) is 0 Å². The van der Waals surface area contributed by atoms with E-state index in [1.165, 1.54) is 0 Å². The molecule has 0 aliphatic rings. The number of rotatable bonds is 0. The van der Waals surface area contributed by atoms with Crippen molar-refractivity contribution in [1.29, 1.82) is 0 Å². The van der Waals surface area contributed by atoms with Gasteiger partial charge in [-0.25, -0.2) is 0 Å². The summed E-state index contributed by atoms with van der Waals surface area (Å²) in [5.74, 6) is 0. The monoisotopic (exact) mass is 216 g/mol. The Kier molecular flexibility index (Phi) is 367. The zero-order valence-corrected chi connectivity index (χ0v) is 8.56. The van der Waals surface area contributed by atoms with E-state index in [0.717, 1.165) is 0 Å². The Hall–Kier alpha value is 2.30. The zero-order chi connectivity index (χ0) is 0. The van der Waals surface area contributed by atoms with E-state index in [4.69, 9.17) is 0 Å². The summed E-state index contributed by atoms with van der Waals surface area (Å²) in [5.41, 5.74) is 0. The summed E-state index contributed by atoms with van der Waals surface area (Å²) in [5, 5.41) is 0. The molecule has 5 heteroatoms. The normalized spacial score (nSPS) is 0. The van der Waals surface area contributed by atoms with Gasteiger partial charge in [0.2, 0.25) is 0 Å². The van der Waals surface area contributed by atoms with Gasteiger partial charge >= 0.3 is 0 Å². The van der Waals surface area contributed by atoms with Crippen LogP contribution in [0.3, 0.4) is 0 Å². The molecule has 0 spiro atoms. The average molecular weight is 215 g/mol. The molecule has 5 heavy (non-hydrogen) atoms. The van der Waals surface area contributed by atoms with E-state index in [2.05, 4.69) is 0 Å². The summed E-state index contributed by atoms with van der Waals surface area (Å²) in [6.45, 7) is 0. The predicted octanol–water partition coefficient (Wildman–Crippen LogP) is -0.0495. The fourth-order valence-corrected chi connectivity index (χ4v) is 0. The van der Waals surface area contributed by atoms with Gasteiger partial charge < -0.3 is 6.15 Å². The maximum absolute atomic E-state index is 0. The number of hydrogen-bond acceptors (Lipinski definition) is 0. The first-order valence-electron chi connectivity index (χ1n) is 0. The molecule has 0 bridgehead atoms. The van der Waals surface area contributed by atoms with E-state index in [1.54, 1.807) is 0 Å². The second-order valence-electron chi connectivity index (χ2n) is 0. The Morgan fingerprint density at radius 2 is 0.600 bits per heavy atom. The maximum Gasteiger partial charge on any atom is 0 e. The van der Waals surface area contributed by atoms with Gasteiger partial charge in [-0.1, -0.05) is 0 Å². The molecule has 0 atom stereocenters. The van der Waals surface area contributed by atoms with Crippen LogP contribution >= 0.6 is 0 Å². The van der Waals surface area contributed by atoms with Crippen LogP contribution in [0.25, 0.3) is 6.15 Å². The van der Waals surface area contributed by atoms with Crippen LogP contribution in [0.5, 0.6) is 0 Å². The number of hydrogen-bond donors (Lipinski definition) is 0. The van der Waals surface area contributed by atoms with Crippen molar-refractivity contribution in [1.82, 2.24) is 0 Å². The van der Waals surface area contributed by atoms with Crippen molar-refractivity contribution in [3.8, 4) is 0 Å². The van der Waals surface area contributed by atoms with E-state index in [1.807, 2.05) is 0 Å². The summed E-state index contributed by atoms with van der Waals surface area (Å²) in [6, 6.07) is 0. The Labute approximate surface area is 86.9 Å². The third-order valence-corrected chi connectivity index (χ3v) is 0. The van der Waals surface area contributed by atoms with Crippen molar-refractivity contribution in [3.05, 3.63) is 6.15 Å². The van der Waals surface area contributed by atoms with Gasteiger partial charge in [-0.15, -0.1) is 0 Å². The van der Waals surface area contributed by atoms with Crippen LogP contribution in [-0.4, -0.2) is 16.8 Å². The summed E-state index contributed by atoms with van der Waals surface area (Å²) in [6.07, 6.45) is 0. The molecule has 0 aromatic heterocycles. The Balaban J connectivity index is 0. The van der Waals surface area contributed by atoms with Crippen molar-refractivity contribution in [3.63, 3.8) is 0 Å². The molecular formula is H2B2NY2-. The molecule has 0 rings (SSSR count). The summed E-state index contributed by atoms with van der Waals surface area (Å²) < 4.78 is 0. The maximum atomic E-state index is 0. The van der Waals surface area contributed by atoms with E-state index in [-0.39, 0.29) is 88.4 Å². The number of nitrogens with two attached hydrogens (primary N) is 1.